The van der Waals surface area contributed by atoms with Crippen LogP contribution in [0.3, 0.4) is 0 Å². The Morgan fingerprint density at radius 3 is 2.13 bits per heavy atom. The van der Waals surface area contributed by atoms with Crippen LogP contribution in [0.1, 0.15) is 10.4 Å². The Labute approximate surface area is 175 Å². The molecular formula is C22H22N2O5S. The lowest BCUT2D eigenvalue weighted by atomic mass is 10.0. The number of hydrogen-bond acceptors (Lipinski definition) is 5. The highest BCUT2D eigenvalue weighted by atomic mass is 32.2. The monoisotopic (exact) mass is 426 g/mol. The third kappa shape index (κ3) is 3.71. The van der Waals surface area contributed by atoms with Gasteiger partial charge < -0.3 is 14.7 Å². The number of phenolic OH excluding ortho intramolecular Hbond substituents is 1. The van der Waals surface area contributed by atoms with Gasteiger partial charge in [-0.15, -0.1) is 0 Å². The van der Waals surface area contributed by atoms with Gasteiger partial charge in [-0.1, -0.05) is 24.3 Å². The van der Waals surface area contributed by atoms with Gasteiger partial charge in [-0.05, 0) is 47.2 Å². The van der Waals surface area contributed by atoms with Crippen molar-refractivity contribution in [3.05, 3.63) is 66.2 Å². The third-order valence-electron chi connectivity index (χ3n) is 5.32. The van der Waals surface area contributed by atoms with Crippen molar-refractivity contribution >= 4 is 26.7 Å². The largest absolute Gasteiger partial charge is 0.507 e. The summed E-state index contributed by atoms with van der Waals surface area (Å²) < 4.78 is 32.2. The van der Waals surface area contributed by atoms with Crippen LogP contribution in [0.5, 0.6) is 11.5 Å². The first kappa shape index (κ1) is 20.2. The van der Waals surface area contributed by atoms with E-state index in [4.69, 9.17) is 4.74 Å². The van der Waals surface area contributed by atoms with E-state index in [2.05, 4.69) is 0 Å². The van der Waals surface area contributed by atoms with Gasteiger partial charge in [0.2, 0.25) is 10.0 Å². The fourth-order valence-electron chi connectivity index (χ4n) is 3.60. The standard InChI is InChI=1S/C22H22N2O5S/c1-29-18-6-8-19(9-7-18)30(27,28)24-12-10-23(11-13-24)22(26)20-14-16-4-2-3-5-17(16)15-21(20)25/h2-9,14-15,25H,10-13H2,1H3. The number of carbonyl (C=O) groups excluding carboxylic acids is 1. The highest BCUT2D eigenvalue weighted by Gasteiger charge is 2.31. The quantitative estimate of drug-likeness (QED) is 0.693. The molecule has 1 heterocycles. The predicted octanol–water partition coefficient (Wildman–Crippen LogP) is 2.70. The van der Waals surface area contributed by atoms with Crippen molar-refractivity contribution in [3.63, 3.8) is 0 Å². The molecule has 1 fully saturated rings. The zero-order chi connectivity index (χ0) is 21.3. The molecule has 8 heteroatoms. The number of benzene rings is 3. The van der Waals surface area contributed by atoms with Crippen molar-refractivity contribution in [2.24, 2.45) is 0 Å². The molecule has 0 atom stereocenters. The minimum absolute atomic E-state index is 0.0769. The molecule has 1 aliphatic rings. The SMILES string of the molecule is COc1ccc(S(=O)(=O)N2CCN(C(=O)c3cc4ccccc4cc3O)CC2)cc1. The Morgan fingerprint density at radius 1 is 0.933 bits per heavy atom. The molecule has 30 heavy (non-hydrogen) atoms. The second-order valence-electron chi connectivity index (χ2n) is 7.09. The summed E-state index contributed by atoms with van der Waals surface area (Å²) in [5.41, 5.74) is 0.222. The first-order valence-electron chi connectivity index (χ1n) is 9.55. The van der Waals surface area contributed by atoms with Gasteiger partial charge in [0.15, 0.2) is 0 Å². The molecule has 1 amide bonds. The van der Waals surface area contributed by atoms with E-state index in [1.807, 2.05) is 24.3 Å². The van der Waals surface area contributed by atoms with Crippen LogP contribution in [0, 0.1) is 0 Å². The molecule has 0 bridgehead atoms. The van der Waals surface area contributed by atoms with Crippen molar-refractivity contribution in [1.29, 1.82) is 0 Å². The Hall–Kier alpha value is -3.10. The molecule has 0 aliphatic carbocycles. The van der Waals surface area contributed by atoms with Gasteiger partial charge in [-0.2, -0.15) is 4.31 Å². The van der Waals surface area contributed by atoms with E-state index in [0.717, 1.165) is 10.8 Å². The highest BCUT2D eigenvalue weighted by molar-refractivity contribution is 7.89. The van der Waals surface area contributed by atoms with Crippen LogP contribution in [0.15, 0.2) is 65.6 Å². The summed E-state index contributed by atoms with van der Waals surface area (Å²) in [6.07, 6.45) is 0. The molecule has 0 aromatic heterocycles. The van der Waals surface area contributed by atoms with E-state index in [-0.39, 0.29) is 48.3 Å². The Bertz CT molecular complexity index is 1180. The normalized spacial score (nSPS) is 15.3. The zero-order valence-electron chi connectivity index (χ0n) is 16.5. The summed E-state index contributed by atoms with van der Waals surface area (Å²) >= 11 is 0. The lowest BCUT2D eigenvalue weighted by molar-refractivity contribution is 0.0695. The number of ether oxygens (including phenoxy) is 1. The van der Waals surface area contributed by atoms with Crippen LogP contribution in [-0.4, -0.2) is 61.9 Å². The van der Waals surface area contributed by atoms with Crippen LogP contribution in [0.2, 0.25) is 0 Å². The van der Waals surface area contributed by atoms with E-state index in [0.29, 0.717) is 5.75 Å². The molecule has 0 spiro atoms. The molecule has 3 aromatic rings. The lowest BCUT2D eigenvalue weighted by Gasteiger charge is -2.34. The molecule has 1 N–H and O–H groups in total. The zero-order valence-corrected chi connectivity index (χ0v) is 17.3. The highest BCUT2D eigenvalue weighted by Crippen LogP contribution is 2.27. The number of nitrogens with zero attached hydrogens (tertiary/aromatic N) is 2. The summed E-state index contributed by atoms with van der Waals surface area (Å²) in [4.78, 5) is 14.7. The third-order valence-corrected chi connectivity index (χ3v) is 7.23. The van der Waals surface area contributed by atoms with Crippen molar-refractivity contribution < 1.29 is 23.1 Å². The molecule has 7 nitrogen and oxygen atoms in total. The molecule has 4 rings (SSSR count). The van der Waals surface area contributed by atoms with Gasteiger partial charge in [0, 0.05) is 26.2 Å². The number of hydrogen-bond donors (Lipinski definition) is 1. The van der Waals surface area contributed by atoms with E-state index in [1.54, 1.807) is 29.2 Å². The van der Waals surface area contributed by atoms with Gasteiger partial charge in [-0.25, -0.2) is 8.42 Å². The maximum Gasteiger partial charge on any atom is 0.257 e. The lowest BCUT2D eigenvalue weighted by Crippen LogP contribution is -2.50. The van der Waals surface area contributed by atoms with Gasteiger partial charge in [0.05, 0.1) is 17.6 Å². The second kappa shape index (κ2) is 7.97. The fourth-order valence-corrected chi connectivity index (χ4v) is 5.02. The van der Waals surface area contributed by atoms with Crippen LogP contribution < -0.4 is 4.74 Å². The number of rotatable bonds is 4. The smallest absolute Gasteiger partial charge is 0.257 e. The van der Waals surface area contributed by atoms with Gasteiger partial charge in [-0.3, -0.25) is 4.79 Å². The minimum atomic E-state index is -3.65. The summed E-state index contributed by atoms with van der Waals surface area (Å²) in [5.74, 6) is 0.200. The van der Waals surface area contributed by atoms with Crippen LogP contribution in [0.4, 0.5) is 0 Å². The molecule has 0 unspecified atom stereocenters. The number of piperazine rings is 1. The maximum absolute atomic E-state index is 12.9. The Kier molecular flexibility index (Phi) is 5.36. The average molecular weight is 426 g/mol. The number of carbonyl (C=O) groups is 1. The number of methoxy groups -OCH3 is 1. The predicted molar refractivity (Wildman–Crippen MR) is 113 cm³/mol. The van der Waals surface area contributed by atoms with Crippen molar-refractivity contribution in [2.75, 3.05) is 33.3 Å². The molecule has 1 saturated heterocycles. The summed E-state index contributed by atoms with van der Waals surface area (Å²) in [7, 11) is -2.13. The van der Waals surface area contributed by atoms with E-state index >= 15 is 0 Å². The van der Waals surface area contributed by atoms with Gasteiger partial charge >= 0.3 is 0 Å². The first-order valence-corrected chi connectivity index (χ1v) is 11.0. The number of fused-ring (bicyclic) bond motifs is 1. The number of amides is 1. The Balaban J connectivity index is 1.49. The van der Waals surface area contributed by atoms with E-state index in [1.165, 1.54) is 23.5 Å². The maximum atomic E-state index is 12.9. The van der Waals surface area contributed by atoms with Crippen LogP contribution in [0.25, 0.3) is 10.8 Å². The first-order chi connectivity index (χ1) is 14.4. The van der Waals surface area contributed by atoms with Gasteiger partial charge in [0.1, 0.15) is 11.5 Å². The molecule has 0 saturated carbocycles. The van der Waals surface area contributed by atoms with Crippen LogP contribution >= 0.6 is 0 Å². The van der Waals surface area contributed by atoms with E-state index in [9.17, 15) is 18.3 Å². The van der Waals surface area contributed by atoms with Crippen LogP contribution in [-0.2, 0) is 10.0 Å². The summed E-state index contributed by atoms with van der Waals surface area (Å²) in [6, 6.07) is 17.0. The topological polar surface area (TPSA) is 87.2 Å². The van der Waals surface area contributed by atoms with Crippen molar-refractivity contribution in [2.45, 2.75) is 4.90 Å². The number of sulfonamides is 1. The second-order valence-corrected chi connectivity index (χ2v) is 9.03. The molecule has 3 aromatic carbocycles. The average Bonchev–Trinajstić information content (AvgIpc) is 2.78. The number of phenols is 1. The van der Waals surface area contributed by atoms with E-state index < -0.39 is 10.0 Å². The van der Waals surface area contributed by atoms with Crippen molar-refractivity contribution in [1.82, 2.24) is 9.21 Å². The fraction of sp³-hybridized carbons (Fsp3) is 0.227. The molecule has 0 radical (unpaired) electrons. The molecular weight excluding hydrogens is 404 g/mol. The minimum Gasteiger partial charge on any atom is -0.507 e. The summed E-state index contributed by atoms with van der Waals surface area (Å²) in [5, 5.41) is 12.0. The molecule has 156 valence electrons. The number of aromatic hydroxyl groups is 1. The Morgan fingerprint density at radius 2 is 1.53 bits per heavy atom. The van der Waals surface area contributed by atoms with Gasteiger partial charge in [0.25, 0.3) is 5.91 Å². The van der Waals surface area contributed by atoms with Crippen molar-refractivity contribution in [3.8, 4) is 11.5 Å². The summed E-state index contributed by atoms with van der Waals surface area (Å²) in [6.45, 7) is 0.879. The molecule has 1 aliphatic heterocycles.